The lowest BCUT2D eigenvalue weighted by atomic mass is 9.72. The molecule has 4 aromatic heterocycles. The van der Waals surface area contributed by atoms with E-state index in [1.807, 2.05) is 34.9 Å². The van der Waals surface area contributed by atoms with Gasteiger partial charge in [-0.25, -0.2) is 4.98 Å². The predicted molar refractivity (Wildman–Crippen MR) is 141 cm³/mol. The van der Waals surface area contributed by atoms with Crippen LogP contribution < -0.4 is 11.5 Å². The number of benzene rings is 2. The van der Waals surface area contributed by atoms with Crippen LogP contribution in [0, 0.1) is 0 Å². The van der Waals surface area contributed by atoms with Gasteiger partial charge < -0.3 is 11.5 Å². The van der Waals surface area contributed by atoms with E-state index in [-0.39, 0.29) is 5.54 Å². The summed E-state index contributed by atoms with van der Waals surface area (Å²) in [5.74, 6) is 1.01. The SMILES string of the molecule is Nc1n[nH]cc1-c1nnc2c3cc(-c4ccccc4)c(-c4ccc(C5(N)CCC5)cc4)nc3ccn12. The number of nitrogens with zero attached hydrogens (tertiary/aromatic N) is 5. The third kappa shape index (κ3) is 3.11. The van der Waals surface area contributed by atoms with Crippen LogP contribution >= 0.6 is 0 Å². The van der Waals surface area contributed by atoms with Crippen LogP contribution in [0.4, 0.5) is 5.82 Å². The van der Waals surface area contributed by atoms with E-state index in [1.165, 1.54) is 12.0 Å². The van der Waals surface area contributed by atoms with Crippen LogP contribution in [-0.2, 0) is 5.54 Å². The summed E-state index contributed by atoms with van der Waals surface area (Å²) in [6.07, 6.45) is 6.92. The number of nitrogen functional groups attached to an aromatic ring is 1. The van der Waals surface area contributed by atoms with E-state index in [4.69, 9.17) is 16.5 Å². The highest BCUT2D eigenvalue weighted by atomic mass is 15.3. The number of aromatic nitrogens is 6. The Morgan fingerprint density at radius 2 is 1.69 bits per heavy atom. The van der Waals surface area contributed by atoms with Gasteiger partial charge in [0.05, 0.1) is 16.8 Å². The van der Waals surface area contributed by atoms with Crippen LogP contribution in [0.5, 0.6) is 0 Å². The summed E-state index contributed by atoms with van der Waals surface area (Å²) in [4.78, 5) is 5.13. The Bertz CT molecular complexity index is 1730. The van der Waals surface area contributed by atoms with Gasteiger partial charge in [-0.15, -0.1) is 10.2 Å². The Balaban J connectivity index is 1.43. The van der Waals surface area contributed by atoms with Gasteiger partial charge in [0, 0.05) is 34.4 Å². The molecule has 176 valence electrons. The minimum atomic E-state index is -0.188. The Hall–Kier alpha value is -4.56. The summed E-state index contributed by atoms with van der Waals surface area (Å²) in [5, 5.41) is 16.6. The van der Waals surface area contributed by atoms with Gasteiger partial charge in [0.15, 0.2) is 17.3 Å². The Morgan fingerprint density at radius 3 is 2.39 bits per heavy atom. The Morgan fingerprint density at radius 1 is 0.889 bits per heavy atom. The van der Waals surface area contributed by atoms with Gasteiger partial charge in [0.1, 0.15) is 0 Å². The molecule has 0 bridgehead atoms. The monoisotopic (exact) mass is 472 g/mol. The maximum Gasteiger partial charge on any atom is 0.173 e. The highest BCUT2D eigenvalue weighted by Crippen LogP contribution is 2.40. The fourth-order valence-electron chi connectivity index (χ4n) is 5.12. The zero-order chi connectivity index (χ0) is 24.3. The first-order valence-corrected chi connectivity index (χ1v) is 12.0. The van der Waals surface area contributed by atoms with Crippen molar-refractivity contribution in [2.75, 3.05) is 5.73 Å². The van der Waals surface area contributed by atoms with Crippen molar-refractivity contribution in [2.45, 2.75) is 24.8 Å². The minimum Gasteiger partial charge on any atom is -0.382 e. The first-order valence-electron chi connectivity index (χ1n) is 12.0. The second-order valence-electron chi connectivity index (χ2n) is 9.49. The lowest BCUT2D eigenvalue weighted by Crippen LogP contribution is -2.43. The van der Waals surface area contributed by atoms with Crippen molar-refractivity contribution in [3.8, 4) is 33.8 Å². The third-order valence-corrected chi connectivity index (χ3v) is 7.34. The molecule has 1 aliphatic carbocycles. The summed E-state index contributed by atoms with van der Waals surface area (Å²) in [6.45, 7) is 0. The van der Waals surface area contributed by atoms with E-state index < -0.39 is 0 Å². The van der Waals surface area contributed by atoms with E-state index in [1.54, 1.807) is 6.20 Å². The van der Waals surface area contributed by atoms with Crippen LogP contribution in [-0.4, -0.2) is 29.8 Å². The zero-order valence-electron chi connectivity index (χ0n) is 19.5. The number of aromatic amines is 1. The first kappa shape index (κ1) is 20.8. The predicted octanol–water partition coefficient (Wildman–Crippen LogP) is 4.92. The third-order valence-electron chi connectivity index (χ3n) is 7.34. The summed E-state index contributed by atoms with van der Waals surface area (Å²) < 4.78 is 1.92. The number of fused-ring (bicyclic) bond motifs is 3. The second kappa shape index (κ2) is 7.73. The molecule has 0 aliphatic heterocycles. The smallest absolute Gasteiger partial charge is 0.173 e. The van der Waals surface area contributed by atoms with Crippen LogP contribution in [0.15, 0.2) is 79.1 Å². The molecule has 0 saturated heterocycles. The summed E-state index contributed by atoms with van der Waals surface area (Å²) >= 11 is 0. The molecule has 8 heteroatoms. The lowest BCUT2D eigenvalue weighted by Gasteiger charge is -2.38. The van der Waals surface area contributed by atoms with Crippen LogP contribution in [0.3, 0.4) is 0 Å². The fraction of sp³-hybridized carbons (Fsp3) is 0.143. The topological polar surface area (TPSA) is 124 Å². The molecule has 1 saturated carbocycles. The Kier molecular flexibility index (Phi) is 4.46. The maximum absolute atomic E-state index is 6.56. The number of nitrogens with two attached hydrogens (primary N) is 2. The van der Waals surface area contributed by atoms with Gasteiger partial charge in [0.25, 0.3) is 0 Å². The van der Waals surface area contributed by atoms with Crippen molar-refractivity contribution >= 4 is 22.4 Å². The number of hydrogen-bond donors (Lipinski definition) is 3. The van der Waals surface area contributed by atoms with Gasteiger partial charge in [0.2, 0.25) is 0 Å². The first-order chi connectivity index (χ1) is 17.6. The van der Waals surface area contributed by atoms with Crippen molar-refractivity contribution in [3.05, 3.63) is 84.7 Å². The normalized spacial score (nSPS) is 14.8. The number of pyridine rings is 2. The van der Waals surface area contributed by atoms with Crippen molar-refractivity contribution in [1.29, 1.82) is 0 Å². The van der Waals surface area contributed by atoms with Crippen LogP contribution in [0.1, 0.15) is 24.8 Å². The van der Waals surface area contributed by atoms with Crippen LogP contribution in [0.25, 0.3) is 50.3 Å². The Labute approximate surface area is 207 Å². The van der Waals surface area contributed by atoms with Crippen molar-refractivity contribution in [2.24, 2.45) is 5.73 Å². The number of anilines is 1. The summed E-state index contributed by atoms with van der Waals surface area (Å²) in [7, 11) is 0. The summed E-state index contributed by atoms with van der Waals surface area (Å²) in [5.41, 5.74) is 19.9. The molecule has 2 aromatic carbocycles. The number of hydrogen-bond acceptors (Lipinski definition) is 6. The molecule has 36 heavy (non-hydrogen) atoms. The molecule has 1 aliphatic rings. The molecule has 7 rings (SSSR count). The van der Waals surface area contributed by atoms with E-state index >= 15 is 0 Å². The molecule has 5 N–H and O–H groups in total. The quantitative estimate of drug-likeness (QED) is 0.334. The molecule has 6 aromatic rings. The van der Waals surface area contributed by atoms with Crippen LogP contribution in [0.2, 0.25) is 0 Å². The molecule has 0 unspecified atom stereocenters. The van der Waals surface area contributed by atoms with Crippen molar-refractivity contribution < 1.29 is 0 Å². The van der Waals surface area contributed by atoms with Gasteiger partial charge in [-0.3, -0.25) is 9.50 Å². The van der Waals surface area contributed by atoms with E-state index in [0.29, 0.717) is 22.9 Å². The van der Waals surface area contributed by atoms with E-state index in [2.05, 4.69) is 62.9 Å². The van der Waals surface area contributed by atoms with Gasteiger partial charge >= 0.3 is 0 Å². The van der Waals surface area contributed by atoms with E-state index in [0.717, 1.165) is 46.1 Å². The fourth-order valence-corrected chi connectivity index (χ4v) is 5.12. The minimum absolute atomic E-state index is 0.188. The summed E-state index contributed by atoms with van der Waals surface area (Å²) in [6, 6.07) is 23.0. The largest absolute Gasteiger partial charge is 0.382 e. The average Bonchev–Trinajstić information content (AvgIpc) is 3.53. The van der Waals surface area contributed by atoms with Crippen molar-refractivity contribution in [1.82, 2.24) is 29.8 Å². The molecule has 0 spiro atoms. The highest BCUT2D eigenvalue weighted by molar-refractivity contribution is 5.98. The molecule has 0 atom stereocenters. The maximum atomic E-state index is 6.56. The lowest BCUT2D eigenvalue weighted by molar-refractivity contribution is 0.253. The van der Waals surface area contributed by atoms with Gasteiger partial charge in [-0.05, 0) is 42.5 Å². The number of rotatable bonds is 4. The van der Waals surface area contributed by atoms with E-state index in [9.17, 15) is 0 Å². The number of nitrogens with one attached hydrogen (secondary N) is 1. The number of H-pyrrole nitrogens is 1. The molecule has 0 radical (unpaired) electrons. The standard InChI is InChI=1S/C28H24N8/c29-25-22(16-31-33-25)27-35-34-26-21-15-20(17-5-2-1-3-6-17)24(32-23(21)11-14-36(26)27)18-7-9-19(10-8-18)28(30)12-4-13-28/h1-3,5-11,14-16H,4,12-13,30H2,(H3,29,31,33). The molecule has 8 nitrogen and oxygen atoms in total. The average molecular weight is 473 g/mol. The molecule has 4 heterocycles. The van der Waals surface area contributed by atoms with Gasteiger partial charge in [-0.2, -0.15) is 5.10 Å². The molecular weight excluding hydrogens is 448 g/mol. The highest BCUT2D eigenvalue weighted by Gasteiger charge is 2.34. The van der Waals surface area contributed by atoms with Gasteiger partial charge in [-0.1, -0.05) is 54.6 Å². The zero-order valence-corrected chi connectivity index (χ0v) is 19.5. The molecule has 0 amide bonds. The second-order valence-corrected chi connectivity index (χ2v) is 9.49. The molecule has 1 fully saturated rings. The molecular formula is C28H24N8. The van der Waals surface area contributed by atoms with Crippen molar-refractivity contribution in [3.63, 3.8) is 0 Å².